The summed E-state index contributed by atoms with van der Waals surface area (Å²) in [4.78, 5) is 7.29. The molecule has 2 aromatic heterocycles. The molecule has 0 radical (unpaired) electrons. The average molecular weight is 402 g/mol. The van der Waals surface area contributed by atoms with Gasteiger partial charge in [0.2, 0.25) is 0 Å². The van der Waals surface area contributed by atoms with Crippen LogP contribution < -0.4 is 5.32 Å². The third-order valence-electron chi connectivity index (χ3n) is 7.85. The summed E-state index contributed by atoms with van der Waals surface area (Å²) in [6, 6.07) is 12.9. The molecule has 0 bridgehead atoms. The molecule has 5 nitrogen and oxygen atoms in total. The normalized spacial score (nSPS) is 25.5. The maximum Gasteiger partial charge on any atom is 0.0941 e. The molecule has 1 atom stereocenters. The van der Waals surface area contributed by atoms with Gasteiger partial charge in [0, 0.05) is 60.1 Å². The zero-order valence-corrected chi connectivity index (χ0v) is 17.9. The Kier molecular flexibility index (Phi) is 4.26. The second kappa shape index (κ2) is 6.89. The van der Waals surface area contributed by atoms with Gasteiger partial charge in [-0.25, -0.2) is 0 Å². The summed E-state index contributed by atoms with van der Waals surface area (Å²) in [6.45, 7) is 6.77. The fourth-order valence-electron chi connectivity index (χ4n) is 5.75. The second-order valence-electron chi connectivity index (χ2n) is 9.99. The first-order valence-corrected chi connectivity index (χ1v) is 11.5. The van der Waals surface area contributed by atoms with E-state index in [4.69, 9.17) is 5.10 Å². The van der Waals surface area contributed by atoms with Crippen molar-refractivity contribution in [1.29, 1.82) is 0 Å². The number of fused-ring (bicyclic) bond motifs is 3. The number of hydrogen-bond donors (Lipinski definition) is 1. The molecule has 156 valence electrons. The Morgan fingerprint density at radius 1 is 1.03 bits per heavy atom. The highest BCUT2D eigenvalue weighted by Crippen LogP contribution is 2.43. The van der Waals surface area contributed by atoms with E-state index in [1.807, 2.05) is 12.3 Å². The summed E-state index contributed by atoms with van der Waals surface area (Å²) in [6.07, 6.45) is 9.74. The van der Waals surface area contributed by atoms with Gasteiger partial charge in [0.05, 0.1) is 11.2 Å². The molecule has 1 aromatic carbocycles. The minimum atomic E-state index is 0.260. The van der Waals surface area contributed by atoms with E-state index >= 15 is 0 Å². The molecule has 1 saturated heterocycles. The lowest BCUT2D eigenvalue weighted by atomic mass is 9.77. The van der Waals surface area contributed by atoms with Crippen LogP contribution in [-0.4, -0.2) is 45.0 Å². The summed E-state index contributed by atoms with van der Waals surface area (Å²) in [5, 5.41) is 10.0. The third kappa shape index (κ3) is 3.07. The lowest BCUT2D eigenvalue weighted by Gasteiger charge is -2.41. The molecule has 1 unspecified atom stereocenters. The van der Waals surface area contributed by atoms with E-state index in [0.717, 1.165) is 36.5 Å². The molecular formula is C25H31N5. The summed E-state index contributed by atoms with van der Waals surface area (Å²) in [5.74, 6) is 0. The highest BCUT2D eigenvalue weighted by atomic mass is 15.3. The molecule has 1 N–H and O–H groups in total. The number of benzene rings is 1. The highest BCUT2D eigenvalue weighted by Gasteiger charge is 2.44. The Hall–Kier alpha value is -2.24. The zero-order valence-electron chi connectivity index (χ0n) is 17.9. The van der Waals surface area contributed by atoms with E-state index in [0.29, 0.717) is 5.54 Å². The lowest BCUT2D eigenvalue weighted by Crippen LogP contribution is -2.52. The summed E-state index contributed by atoms with van der Waals surface area (Å²) in [7, 11) is 0. The van der Waals surface area contributed by atoms with Crippen LogP contribution in [0.25, 0.3) is 22.2 Å². The van der Waals surface area contributed by atoms with Crippen molar-refractivity contribution < 1.29 is 0 Å². The highest BCUT2D eigenvalue weighted by molar-refractivity contribution is 5.82. The number of aromatic nitrogens is 3. The van der Waals surface area contributed by atoms with Crippen LogP contribution in [0, 0.1) is 0 Å². The van der Waals surface area contributed by atoms with Crippen LogP contribution in [0.3, 0.4) is 0 Å². The molecule has 4 heterocycles. The van der Waals surface area contributed by atoms with Gasteiger partial charge in [-0.05, 0) is 63.6 Å². The second-order valence-corrected chi connectivity index (χ2v) is 9.99. The van der Waals surface area contributed by atoms with Crippen LogP contribution in [0.4, 0.5) is 0 Å². The van der Waals surface area contributed by atoms with Crippen molar-refractivity contribution in [2.24, 2.45) is 0 Å². The van der Waals surface area contributed by atoms with Gasteiger partial charge in [-0.2, -0.15) is 5.10 Å². The monoisotopic (exact) mass is 401 g/mol. The predicted octanol–water partition coefficient (Wildman–Crippen LogP) is 4.33. The van der Waals surface area contributed by atoms with Crippen molar-refractivity contribution in [3.8, 4) is 11.3 Å². The molecule has 30 heavy (non-hydrogen) atoms. The number of hydrogen-bond acceptors (Lipinski definition) is 4. The minimum Gasteiger partial charge on any atom is -0.299 e. The van der Waals surface area contributed by atoms with Crippen LogP contribution in [0.5, 0.6) is 0 Å². The van der Waals surface area contributed by atoms with Gasteiger partial charge < -0.3 is 0 Å². The first-order chi connectivity index (χ1) is 14.6. The summed E-state index contributed by atoms with van der Waals surface area (Å²) < 4.78 is 2.29. The molecule has 0 amide bonds. The first kappa shape index (κ1) is 18.5. The van der Waals surface area contributed by atoms with Gasteiger partial charge >= 0.3 is 0 Å². The molecular weight excluding hydrogens is 370 g/mol. The largest absolute Gasteiger partial charge is 0.299 e. The molecule has 2 fully saturated rings. The van der Waals surface area contributed by atoms with Gasteiger partial charge in [-0.3, -0.25) is 19.9 Å². The van der Waals surface area contributed by atoms with Gasteiger partial charge in [0.25, 0.3) is 0 Å². The predicted molar refractivity (Wildman–Crippen MR) is 120 cm³/mol. The first-order valence-electron chi connectivity index (χ1n) is 11.5. The lowest BCUT2D eigenvalue weighted by molar-refractivity contribution is 0.159. The SMILES string of the molecule is CC1(NCN2CCC3(CCCn4nc(-c5cnc6ccccc6c5)cc43)C2)CCC1. The number of para-hydroxylation sites is 1. The van der Waals surface area contributed by atoms with Crippen LogP contribution in [0.15, 0.2) is 42.6 Å². The molecule has 1 saturated carbocycles. The number of rotatable bonds is 4. The fourth-order valence-corrected chi connectivity index (χ4v) is 5.75. The Morgan fingerprint density at radius 2 is 1.93 bits per heavy atom. The smallest absolute Gasteiger partial charge is 0.0941 e. The Balaban J connectivity index is 1.26. The van der Waals surface area contributed by atoms with Crippen molar-refractivity contribution in [2.45, 2.75) is 62.9 Å². The molecule has 2 aliphatic heterocycles. The molecule has 5 heteroatoms. The van der Waals surface area contributed by atoms with E-state index in [-0.39, 0.29) is 5.41 Å². The Labute approximate surface area is 178 Å². The Morgan fingerprint density at radius 3 is 2.80 bits per heavy atom. The van der Waals surface area contributed by atoms with Crippen LogP contribution in [0.2, 0.25) is 0 Å². The number of pyridine rings is 1. The van der Waals surface area contributed by atoms with Gasteiger partial charge in [0.15, 0.2) is 0 Å². The summed E-state index contributed by atoms with van der Waals surface area (Å²) in [5.41, 5.74) is 5.31. The molecule has 1 aliphatic carbocycles. The van der Waals surface area contributed by atoms with Crippen molar-refractivity contribution in [3.63, 3.8) is 0 Å². The standard InChI is InChI=1S/C25H31N5/c1-24(8-4-9-24)27-18-29-13-11-25(17-29)10-5-12-30-23(25)15-22(28-30)20-14-19-6-2-3-7-21(19)26-16-20/h2-3,6-7,14-16,27H,4-5,8-13,17-18H2,1H3. The van der Waals surface area contributed by atoms with Crippen LogP contribution >= 0.6 is 0 Å². The van der Waals surface area contributed by atoms with Gasteiger partial charge in [0.1, 0.15) is 0 Å². The van der Waals surface area contributed by atoms with Gasteiger partial charge in [-0.15, -0.1) is 0 Å². The molecule has 1 spiro atoms. The van der Waals surface area contributed by atoms with Crippen LogP contribution in [0.1, 0.15) is 51.1 Å². The van der Waals surface area contributed by atoms with Crippen molar-refractivity contribution in [1.82, 2.24) is 25.0 Å². The average Bonchev–Trinajstić information content (AvgIpc) is 3.37. The number of likely N-dealkylation sites (tertiary alicyclic amines) is 1. The summed E-state index contributed by atoms with van der Waals surface area (Å²) >= 11 is 0. The van der Waals surface area contributed by atoms with Crippen molar-refractivity contribution >= 4 is 10.9 Å². The zero-order chi connectivity index (χ0) is 20.2. The van der Waals surface area contributed by atoms with Crippen LogP contribution in [-0.2, 0) is 12.0 Å². The van der Waals surface area contributed by atoms with Crippen molar-refractivity contribution in [3.05, 3.63) is 48.3 Å². The number of nitrogens with zero attached hydrogens (tertiary/aromatic N) is 4. The van der Waals surface area contributed by atoms with E-state index in [1.54, 1.807) is 0 Å². The van der Waals surface area contributed by atoms with E-state index in [1.165, 1.54) is 56.1 Å². The Bertz CT molecular complexity index is 1080. The quantitative estimate of drug-likeness (QED) is 0.707. The van der Waals surface area contributed by atoms with E-state index in [9.17, 15) is 0 Å². The topological polar surface area (TPSA) is 46.0 Å². The van der Waals surface area contributed by atoms with E-state index in [2.05, 4.69) is 57.1 Å². The van der Waals surface area contributed by atoms with E-state index < -0.39 is 0 Å². The number of aryl methyl sites for hydroxylation is 1. The van der Waals surface area contributed by atoms with Crippen molar-refractivity contribution in [2.75, 3.05) is 19.8 Å². The minimum absolute atomic E-state index is 0.260. The molecule has 3 aliphatic rings. The maximum absolute atomic E-state index is 5.02. The fraction of sp³-hybridized carbons (Fsp3) is 0.520. The molecule has 3 aromatic rings. The van der Waals surface area contributed by atoms with Gasteiger partial charge in [-0.1, -0.05) is 18.2 Å². The maximum atomic E-state index is 5.02. The third-order valence-corrected chi connectivity index (χ3v) is 7.85. The molecule has 6 rings (SSSR count). The number of nitrogens with one attached hydrogen (secondary N) is 1.